The van der Waals surface area contributed by atoms with Gasteiger partial charge in [0.25, 0.3) is 5.69 Å². The minimum atomic E-state index is -1.77. The number of carbonyl (C=O) groups is 2. The van der Waals surface area contributed by atoms with Crippen LogP contribution in [0.4, 0.5) is 5.69 Å². The zero-order valence-corrected chi connectivity index (χ0v) is 26.0. The third kappa shape index (κ3) is 4.99. The van der Waals surface area contributed by atoms with E-state index in [0.29, 0.717) is 31.5 Å². The Morgan fingerprint density at radius 1 is 0.870 bits per heavy atom. The molecular weight excluding hydrogens is 584 g/mol. The number of aliphatic carboxylic acids is 2. The molecule has 1 saturated carbocycles. The number of likely N-dealkylation sites (tertiary alicyclic amines) is 1. The lowest BCUT2D eigenvalue weighted by Crippen LogP contribution is -2.78. The molecule has 10 heteroatoms. The predicted octanol–water partition coefficient (Wildman–Crippen LogP) is 5.40. The van der Waals surface area contributed by atoms with Gasteiger partial charge in [-0.2, -0.15) is 0 Å². The van der Waals surface area contributed by atoms with Crippen molar-refractivity contribution in [2.45, 2.75) is 63.2 Å². The van der Waals surface area contributed by atoms with Crippen LogP contribution in [0.15, 0.2) is 84.9 Å². The molecule has 2 saturated heterocycles. The van der Waals surface area contributed by atoms with Gasteiger partial charge in [0.2, 0.25) is 0 Å². The van der Waals surface area contributed by atoms with Gasteiger partial charge in [0.15, 0.2) is 0 Å². The number of hydrogen-bond acceptors (Lipinski definition) is 7. The molecule has 2 heterocycles. The highest BCUT2D eigenvalue weighted by molar-refractivity contribution is 5.85. The monoisotopic (exact) mass is 626 g/mol. The Hall–Kier alpha value is -4.12. The van der Waals surface area contributed by atoms with Crippen LogP contribution < -0.4 is 11.1 Å². The van der Waals surface area contributed by atoms with Crippen molar-refractivity contribution in [1.29, 1.82) is 0 Å². The summed E-state index contributed by atoms with van der Waals surface area (Å²) in [5, 5.41) is 38.0. The molecule has 0 aromatic heterocycles. The molecule has 0 amide bonds. The molecule has 0 radical (unpaired) electrons. The number of rotatable bonds is 9. The van der Waals surface area contributed by atoms with Crippen LogP contribution in [-0.4, -0.2) is 57.3 Å². The molecule has 10 nitrogen and oxygen atoms in total. The van der Waals surface area contributed by atoms with Gasteiger partial charge in [-0.15, -0.1) is 0 Å². The zero-order valence-electron chi connectivity index (χ0n) is 26.0. The molecule has 5 unspecified atom stereocenters. The van der Waals surface area contributed by atoms with Crippen LogP contribution in [0.5, 0.6) is 0 Å². The Labute approximate surface area is 268 Å². The standard InChI is InChI=1S/C36H42N4O6/c1-23-35(33(41)42,27-17-9-4-10-18-27)31(26-16-11-19-29(20-26)40(45)46)36(34(43)44,32(37)38-23)28-21-39(22-28)30(24-12-5-2-6-13-24)25-14-7-3-8-15-25/h2-3,5-8,11-16,19-20,23,27-28,30-32,38H,4,9-10,17-18,21-22,37H2,1H3,(H,41,42)(H,43,44). The molecule has 1 aliphatic carbocycles. The lowest BCUT2D eigenvalue weighted by Gasteiger charge is -2.64. The minimum Gasteiger partial charge on any atom is -0.481 e. The molecule has 5 N–H and O–H groups in total. The fraction of sp³-hybridized carbons (Fsp3) is 0.444. The van der Waals surface area contributed by atoms with Gasteiger partial charge < -0.3 is 15.9 Å². The molecule has 3 aromatic carbocycles. The Morgan fingerprint density at radius 2 is 1.43 bits per heavy atom. The van der Waals surface area contributed by atoms with Gasteiger partial charge in [0.05, 0.1) is 22.5 Å². The lowest BCUT2D eigenvalue weighted by atomic mass is 9.44. The highest BCUT2D eigenvalue weighted by atomic mass is 16.6. The topological polar surface area (TPSA) is 159 Å². The second-order valence-electron chi connectivity index (χ2n) is 13.3. The molecule has 3 fully saturated rings. The van der Waals surface area contributed by atoms with Crippen LogP contribution in [0.1, 0.15) is 67.7 Å². The molecule has 46 heavy (non-hydrogen) atoms. The highest BCUT2D eigenvalue weighted by Crippen LogP contribution is 2.64. The molecule has 242 valence electrons. The molecule has 2 aliphatic heterocycles. The summed E-state index contributed by atoms with van der Waals surface area (Å²) < 4.78 is 0. The van der Waals surface area contributed by atoms with E-state index in [2.05, 4.69) is 34.5 Å². The lowest BCUT2D eigenvalue weighted by molar-refractivity contribution is -0.385. The van der Waals surface area contributed by atoms with Gasteiger partial charge in [0, 0.05) is 43.1 Å². The molecule has 5 atom stereocenters. The summed E-state index contributed by atoms with van der Waals surface area (Å²) >= 11 is 0. The second-order valence-corrected chi connectivity index (χ2v) is 13.3. The van der Waals surface area contributed by atoms with E-state index in [1.54, 1.807) is 13.0 Å². The summed E-state index contributed by atoms with van der Waals surface area (Å²) in [5.74, 6) is -4.27. The van der Waals surface area contributed by atoms with E-state index in [4.69, 9.17) is 5.73 Å². The summed E-state index contributed by atoms with van der Waals surface area (Å²) in [6, 6.07) is 25.1. The largest absolute Gasteiger partial charge is 0.481 e. The molecule has 3 aromatic rings. The minimum absolute atomic E-state index is 0.143. The van der Waals surface area contributed by atoms with Crippen molar-refractivity contribution in [1.82, 2.24) is 10.2 Å². The summed E-state index contributed by atoms with van der Waals surface area (Å²) in [6.45, 7) is 2.50. The van der Waals surface area contributed by atoms with Gasteiger partial charge >= 0.3 is 11.9 Å². The maximum absolute atomic E-state index is 14.0. The fourth-order valence-electron chi connectivity index (χ4n) is 9.22. The van der Waals surface area contributed by atoms with Crippen LogP contribution in [0, 0.1) is 32.8 Å². The quantitative estimate of drug-likeness (QED) is 0.180. The van der Waals surface area contributed by atoms with Gasteiger partial charge in [-0.3, -0.25) is 29.9 Å². The first-order valence-corrected chi connectivity index (χ1v) is 16.2. The van der Waals surface area contributed by atoms with Crippen LogP contribution in [0.3, 0.4) is 0 Å². The van der Waals surface area contributed by atoms with Gasteiger partial charge in [-0.05, 0) is 42.4 Å². The number of carboxylic acid groups (broad SMARTS) is 2. The van der Waals surface area contributed by atoms with Crippen molar-refractivity contribution in [3.05, 3.63) is 112 Å². The third-order valence-electron chi connectivity index (χ3n) is 11.2. The number of nitrogens with one attached hydrogen (secondary N) is 1. The number of nitrogens with two attached hydrogens (primary N) is 1. The fourth-order valence-corrected chi connectivity index (χ4v) is 9.22. The number of non-ortho nitro benzene ring substituents is 1. The first-order valence-electron chi connectivity index (χ1n) is 16.2. The maximum atomic E-state index is 14.0. The predicted molar refractivity (Wildman–Crippen MR) is 173 cm³/mol. The van der Waals surface area contributed by atoms with Crippen molar-refractivity contribution in [3.8, 4) is 0 Å². The van der Waals surface area contributed by atoms with E-state index in [1.807, 2.05) is 36.4 Å². The zero-order chi connectivity index (χ0) is 32.6. The highest BCUT2D eigenvalue weighted by Gasteiger charge is 2.72. The molecule has 6 rings (SSSR count). The van der Waals surface area contributed by atoms with E-state index in [9.17, 15) is 29.9 Å². The average molecular weight is 627 g/mol. The summed E-state index contributed by atoms with van der Waals surface area (Å²) in [7, 11) is 0. The summed E-state index contributed by atoms with van der Waals surface area (Å²) in [5.41, 5.74) is 5.82. The van der Waals surface area contributed by atoms with E-state index < -0.39 is 51.7 Å². The molecule has 0 bridgehead atoms. The second kappa shape index (κ2) is 12.6. The van der Waals surface area contributed by atoms with Crippen molar-refractivity contribution >= 4 is 17.6 Å². The van der Waals surface area contributed by atoms with E-state index in [0.717, 1.165) is 30.4 Å². The first kappa shape index (κ1) is 31.8. The number of hydrogen-bond donors (Lipinski definition) is 4. The van der Waals surface area contributed by atoms with Crippen LogP contribution in [0.2, 0.25) is 0 Å². The van der Waals surface area contributed by atoms with E-state index >= 15 is 0 Å². The Kier molecular flexibility index (Phi) is 8.71. The van der Waals surface area contributed by atoms with Crippen LogP contribution in [-0.2, 0) is 9.59 Å². The van der Waals surface area contributed by atoms with E-state index in [1.165, 1.54) is 18.2 Å². The Balaban J connectivity index is 1.51. The van der Waals surface area contributed by atoms with Crippen molar-refractivity contribution < 1.29 is 24.7 Å². The number of carboxylic acids is 2. The van der Waals surface area contributed by atoms with Gasteiger partial charge in [0.1, 0.15) is 5.41 Å². The Bertz CT molecular complexity index is 1540. The number of nitro benzene ring substituents is 1. The van der Waals surface area contributed by atoms with Crippen LogP contribution >= 0.6 is 0 Å². The van der Waals surface area contributed by atoms with Crippen molar-refractivity contribution in [2.75, 3.05) is 13.1 Å². The third-order valence-corrected chi connectivity index (χ3v) is 11.2. The molecular formula is C36H42N4O6. The van der Waals surface area contributed by atoms with E-state index in [-0.39, 0.29) is 17.6 Å². The molecule has 0 spiro atoms. The number of benzene rings is 3. The van der Waals surface area contributed by atoms with Gasteiger partial charge in [-0.25, -0.2) is 0 Å². The Morgan fingerprint density at radius 3 is 1.96 bits per heavy atom. The summed E-state index contributed by atoms with van der Waals surface area (Å²) in [4.78, 5) is 41.5. The molecule has 3 aliphatic rings. The SMILES string of the molecule is CC1NC(N)C(C(=O)O)(C2CN(C(c3ccccc3)c3ccccc3)C2)C(c2cccc([N+](=O)[O-])c2)C1(C(=O)O)C1CCCCC1. The smallest absolute Gasteiger partial charge is 0.313 e. The summed E-state index contributed by atoms with van der Waals surface area (Å²) in [6.07, 6.45) is 2.84. The van der Waals surface area contributed by atoms with Crippen molar-refractivity contribution in [2.24, 2.45) is 28.4 Å². The maximum Gasteiger partial charge on any atom is 0.313 e. The van der Waals surface area contributed by atoms with Gasteiger partial charge in [-0.1, -0.05) is 92.1 Å². The first-order chi connectivity index (χ1) is 22.1. The number of piperidine rings is 1. The average Bonchev–Trinajstić information content (AvgIpc) is 3.04. The normalized spacial score (nSPS) is 29.2. The number of nitro groups is 1. The van der Waals surface area contributed by atoms with Crippen LogP contribution in [0.25, 0.3) is 0 Å². The number of nitrogens with zero attached hydrogens (tertiary/aromatic N) is 2. The van der Waals surface area contributed by atoms with Crippen molar-refractivity contribution in [3.63, 3.8) is 0 Å².